The zero-order valence-electron chi connectivity index (χ0n) is 72.4. The second-order valence-corrected chi connectivity index (χ2v) is 34.6. The molecule has 6 aromatic heterocycles. The normalized spacial score (nSPS) is 12.3. The zero-order chi connectivity index (χ0) is 87.1. The number of benzene rings is 20. The summed E-state index contributed by atoms with van der Waals surface area (Å²) in [6.07, 6.45) is 6.68. The van der Waals surface area contributed by atoms with E-state index in [-0.39, 0.29) is 0 Å². The molecule has 20 aromatic carbocycles. The molecule has 0 saturated heterocycles. The van der Waals surface area contributed by atoms with Crippen molar-refractivity contribution in [3.63, 3.8) is 0 Å². The van der Waals surface area contributed by atoms with Crippen LogP contribution in [0.2, 0.25) is 0 Å². The lowest BCUT2D eigenvalue weighted by molar-refractivity contribution is 0.992. The summed E-state index contributed by atoms with van der Waals surface area (Å²) in [5.41, 5.74) is 36.8. The van der Waals surface area contributed by atoms with Crippen LogP contribution in [0.3, 0.4) is 0 Å². The summed E-state index contributed by atoms with van der Waals surface area (Å²) in [4.78, 5) is 0. The van der Waals surface area contributed by atoms with Crippen LogP contribution in [0.25, 0.3) is 226 Å². The summed E-state index contributed by atoms with van der Waals surface area (Å²) in [5, 5.41) is 15.3. The molecular formula is C126H86N6. The minimum absolute atomic E-state index is 1.01. The molecule has 27 rings (SSSR count). The molecular weight excluding hydrogens is 1600 g/mol. The molecule has 0 aliphatic heterocycles. The number of fused-ring (bicyclic) bond motifs is 18. The van der Waals surface area contributed by atoms with Gasteiger partial charge in [-0.15, -0.1) is 0 Å². The predicted molar refractivity (Wildman–Crippen MR) is 559 cm³/mol. The average Bonchev–Trinajstić information content (AvgIpc) is 1.59. The number of nitrogens with zero attached hydrogens (tertiary/aromatic N) is 6. The van der Waals surface area contributed by atoms with Crippen molar-refractivity contribution in [3.05, 3.63) is 503 Å². The fourth-order valence-electron chi connectivity index (χ4n) is 20.9. The largest absolute Gasteiger partial charge is 0.313 e. The molecule has 1 aliphatic carbocycles. The quantitative estimate of drug-likeness (QED) is 0.117. The van der Waals surface area contributed by atoms with Gasteiger partial charge >= 0.3 is 0 Å². The first-order valence-electron chi connectivity index (χ1n) is 45.6. The molecule has 0 bridgehead atoms. The highest BCUT2D eigenvalue weighted by atomic mass is 15.0. The highest BCUT2D eigenvalue weighted by Gasteiger charge is 2.24. The maximum atomic E-state index is 2.48. The molecule has 0 fully saturated rings. The molecule has 26 aromatic rings. The van der Waals surface area contributed by atoms with Crippen LogP contribution in [0.15, 0.2) is 497 Å². The fraction of sp³-hybridized carbons (Fsp3) is 0.0159. The van der Waals surface area contributed by atoms with Gasteiger partial charge in [0, 0.05) is 98.8 Å². The Balaban J connectivity index is 0.000000107. The van der Waals surface area contributed by atoms with E-state index >= 15 is 0 Å². The highest BCUT2D eigenvalue weighted by molar-refractivity contribution is 6.17. The Labute approximate surface area is 764 Å². The van der Waals surface area contributed by atoms with E-state index in [0.717, 1.165) is 18.5 Å². The van der Waals surface area contributed by atoms with E-state index in [9.17, 15) is 0 Å². The molecule has 620 valence electrons. The minimum atomic E-state index is 1.01. The number of allylic oxidation sites excluding steroid dienone is 4. The SMILES string of the molecule is C1=C(c2ccccc2)CCC(n2c3ccccc3c3cc(-c4ccc5c(c4)c4ccccc4n5-c4cccc(-c5ccccc5)c4)ccc32)=C1.c1ccc(-c2ccc(-n3c4ccccc4c4ccc(-c5ccc6c7ccccc7n(-c7ccccc7)c6c5)cc43)cc2)cc1.c1ccc(-n2c3ccccc3c3ccc(-c4ccc5c6ccccc6n(-c6ccccc6)c5c4)cc32)cc1. The molecule has 6 heteroatoms. The first-order valence-corrected chi connectivity index (χ1v) is 45.6. The smallest absolute Gasteiger partial charge is 0.0547 e. The minimum Gasteiger partial charge on any atom is -0.313 e. The van der Waals surface area contributed by atoms with Crippen molar-refractivity contribution in [1.82, 2.24) is 27.4 Å². The molecule has 1 aliphatic rings. The van der Waals surface area contributed by atoms with Crippen LogP contribution in [-0.4, -0.2) is 27.4 Å². The van der Waals surface area contributed by atoms with Crippen LogP contribution >= 0.6 is 0 Å². The van der Waals surface area contributed by atoms with Crippen LogP contribution in [0, 0.1) is 0 Å². The summed E-state index contributed by atoms with van der Waals surface area (Å²) in [6, 6.07) is 176. The summed E-state index contributed by atoms with van der Waals surface area (Å²) in [5.74, 6) is 0. The van der Waals surface area contributed by atoms with Crippen molar-refractivity contribution in [2.45, 2.75) is 12.8 Å². The Morgan fingerprint density at radius 2 is 0.356 bits per heavy atom. The van der Waals surface area contributed by atoms with Gasteiger partial charge in [0.05, 0.1) is 66.2 Å². The Morgan fingerprint density at radius 3 is 0.720 bits per heavy atom. The van der Waals surface area contributed by atoms with E-state index in [4.69, 9.17) is 0 Å². The Hall–Kier alpha value is -17.3. The first kappa shape index (κ1) is 77.1. The number of hydrogen-bond acceptors (Lipinski definition) is 0. The van der Waals surface area contributed by atoms with Crippen LogP contribution in [0.5, 0.6) is 0 Å². The lowest BCUT2D eigenvalue weighted by Crippen LogP contribution is -2.01. The van der Waals surface area contributed by atoms with Crippen molar-refractivity contribution in [1.29, 1.82) is 0 Å². The Kier molecular flexibility index (Phi) is 19.0. The van der Waals surface area contributed by atoms with Gasteiger partial charge in [0.2, 0.25) is 0 Å². The predicted octanol–water partition coefficient (Wildman–Crippen LogP) is 33.7. The average molecular weight is 1680 g/mol. The van der Waals surface area contributed by atoms with Gasteiger partial charge in [-0.25, -0.2) is 0 Å². The number of hydrogen-bond donors (Lipinski definition) is 0. The summed E-state index contributed by atoms with van der Waals surface area (Å²) in [6.45, 7) is 0. The Morgan fingerprint density at radius 1 is 0.121 bits per heavy atom. The van der Waals surface area contributed by atoms with Crippen LogP contribution in [-0.2, 0) is 0 Å². The van der Waals surface area contributed by atoms with Gasteiger partial charge in [-0.05, 0) is 231 Å². The van der Waals surface area contributed by atoms with Crippen LogP contribution in [0.4, 0.5) is 0 Å². The van der Waals surface area contributed by atoms with Crippen molar-refractivity contribution in [3.8, 4) is 84.1 Å². The monoisotopic (exact) mass is 1680 g/mol. The lowest BCUT2D eigenvalue weighted by atomic mass is 9.96. The summed E-state index contributed by atoms with van der Waals surface area (Å²) in [7, 11) is 0. The molecule has 0 spiro atoms. The van der Waals surface area contributed by atoms with Gasteiger partial charge in [-0.3, -0.25) is 0 Å². The van der Waals surface area contributed by atoms with E-state index in [1.54, 1.807) is 0 Å². The molecule has 0 amide bonds. The summed E-state index contributed by atoms with van der Waals surface area (Å²) >= 11 is 0. The fourth-order valence-corrected chi connectivity index (χ4v) is 20.9. The number of rotatable bonds is 12. The van der Waals surface area contributed by atoms with E-state index in [1.165, 1.54) is 226 Å². The second-order valence-electron chi connectivity index (χ2n) is 34.6. The van der Waals surface area contributed by atoms with E-state index in [0.29, 0.717) is 0 Å². The highest BCUT2D eigenvalue weighted by Crippen LogP contribution is 2.45. The van der Waals surface area contributed by atoms with Crippen molar-refractivity contribution >= 4 is 142 Å². The molecule has 6 nitrogen and oxygen atoms in total. The van der Waals surface area contributed by atoms with Crippen molar-refractivity contribution < 1.29 is 0 Å². The third-order valence-electron chi connectivity index (χ3n) is 27.1. The number of aromatic nitrogens is 6. The van der Waals surface area contributed by atoms with Gasteiger partial charge in [0.1, 0.15) is 0 Å². The maximum Gasteiger partial charge on any atom is 0.0547 e. The van der Waals surface area contributed by atoms with Crippen molar-refractivity contribution in [2.24, 2.45) is 0 Å². The van der Waals surface area contributed by atoms with Crippen LogP contribution in [0.1, 0.15) is 18.4 Å². The van der Waals surface area contributed by atoms with Gasteiger partial charge in [0.15, 0.2) is 0 Å². The molecule has 0 radical (unpaired) electrons. The first-order chi connectivity index (χ1) is 65.5. The molecule has 0 atom stereocenters. The molecule has 132 heavy (non-hydrogen) atoms. The van der Waals surface area contributed by atoms with E-state index in [1.807, 2.05) is 0 Å². The molecule has 6 heterocycles. The standard InChI is InChI=1S/C48H34N2.C42H28N2.C36H24N2/c1-3-12-33(13-4-1)35-22-26-39(27-23-35)49-45-20-9-7-18-41(45)43-31-37(24-28-47(43)49)38-25-29-48-44(32-38)42-19-8-10-21-46(42)50(48)40-17-11-16-36(30-40)34-14-5-2-6-15-34;1-3-11-29(12-4-1)30-19-23-34(24-20-30)44-40-18-10-8-16-36(40)38-26-22-32(28-42(38)44)31-21-25-37-35-15-7-9-17-39(35)43(41(37)27-31)33-13-5-2-6-14-33;1-3-11-27(12-4-1)37-33-17-9-7-15-29(33)31-21-19-25(23-35(31)37)26-20-22-32-30-16-8-10-18-34(30)38(36(32)24-26)28-13-5-2-6-14-28/h1-22,24-26,28-32H,23,27H2;1-28H;1-24H. The number of para-hydroxylation sites is 9. The van der Waals surface area contributed by atoms with E-state index < -0.39 is 0 Å². The van der Waals surface area contributed by atoms with Crippen LogP contribution < -0.4 is 0 Å². The van der Waals surface area contributed by atoms with Crippen molar-refractivity contribution in [2.75, 3.05) is 0 Å². The lowest BCUT2D eigenvalue weighted by Gasteiger charge is -2.18. The summed E-state index contributed by atoms with van der Waals surface area (Å²) < 4.78 is 14.4. The van der Waals surface area contributed by atoms with Gasteiger partial charge < -0.3 is 27.4 Å². The van der Waals surface area contributed by atoms with Gasteiger partial charge in [-0.2, -0.15) is 0 Å². The molecule has 0 saturated carbocycles. The third-order valence-corrected chi connectivity index (χ3v) is 27.1. The topological polar surface area (TPSA) is 29.6 Å². The second kappa shape index (κ2) is 32.5. The van der Waals surface area contributed by atoms with Gasteiger partial charge in [-0.1, -0.05) is 346 Å². The Bertz CT molecular complexity index is 8880. The molecule has 0 N–H and O–H groups in total. The molecule has 0 unspecified atom stereocenters. The maximum absolute atomic E-state index is 2.48. The van der Waals surface area contributed by atoms with E-state index in [2.05, 4.69) is 525 Å². The third kappa shape index (κ3) is 13.3. The zero-order valence-corrected chi connectivity index (χ0v) is 72.4. The van der Waals surface area contributed by atoms with Gasteiger partial charge in [0.25, 0.3) is 0 Å².